The monoisotopic (exact) mass is 605 g/mol. The fraction of sp³-hybridized carbons (Fsp3) is 0.385. The Morgan fingerprint density at radius 1 is 1.15 bits per heavy atom. The molecule has 1 atom stereocenters. The highest BCUT2D eigenvalue weighted by Gasteiger charge is 2.31. The van der Waals surface area contributed by atoms with E-state index in [0.29, 0.717) is 52.9 Å². The molecule has 1 saturated heterocycles. The zero-order valence-electron chi connectivity index (χ0n) is 22.9. The normalized spacial score (nSPS) is 16.6. The van der Waals surface area contributed by atoms with E-state index in [2.05, 4.69) is 24.6 Å². The fourth-order valence-electron chi connectivity index (χ4n) is 5.18. The number of aryl methyl sites for hydroxylation is 2. The maximum atomic E-state index is 12.3. The number of nitrogens with one attached hydrogen (secondary N) is 3. The third-order valence-corrected chi connectivity index (χ3v) is 9.91. The molecule has 1 aliphatic heterocycles. The highest BCUT2D eigenvalue weighted by Crippen LogP contribution is 2.35. The summed E-state index contributed by atoms with van der Waals surface area (Å²) in [7, 11) is -6.68. The van der Waals surface area contributed by atoms with Gasteiger partial charge in [-0.15, -0.1) is 0 Å². The van der Waals surface area contributed by atoms with Crippen molar-refractivity contribution in [3.8, 4) is 17.1 Å². The fourth-order valence-corrected chi connectivity index (χ4v) is 7.09. The lowest BCUT2D eigenvalue weighted by atomic mass is 10.1. The molecule has 0 amide bonds. The molecule has 214 valence electrons. The highest BCUT2D eigenvalue weighted by atomic mass is 35.5. The maximum Gasteiger partial charge on any atom is 0.229 e. The number of H-pyrrole nitrogens is 1. The summed E-state index contributed by atoms with van der Waals surface area (Å²) in [5, 5.41) is 3.81. The molecule has 40 heavy (non-hydrogen) atoms. The molecule has 4 heterocycles. The lowest BCUT2D eigenvalue weighted by Gasteiger charge is -2.17. The zero-order valence-corrected chi connectivity index (χ0v) is 25.3. The maximum absolute atomic E-state index is 12.3. The number of anilines is 2. The van der Waals surface area contributed by atoms with E-state index >= 15 is 0 Å². The standard InChI is InChI=1S/C26H32ClN7O4S2/c1-6-40(37,38)33-10-9-19(14-33)29-23-21(27)13-28-26-24(23)30-25(31-26)20-11-16(3)34(17(20)4)22-12-18(8-7-15(22)2)32-39(5,35)36/h7-8,11-13,19,32H,6,9-10,14H2,1-5H3,(H2,28,29,30,31)/t19-/m0/s1. The summed E-state index contributed by atoms with van der Waals surface area (Å²) in [5.74, 6) is 0.677. The predicted molar refractivity (Wildman–Crippen MR) is 159 cm³/mol. The minimum Gasteiger partial charge on any atom is -0.378 e. The minimum absolute atomic E-state index is 0.0686. The number of hydrogen-bond donors (Lipinski definition) is 3. The van der Waals surface area contributed by atoms with Gasteiger partial charge in [0.1, 0.15) is 11.3 Å². The van der Waals surface area contributed by atoms with E-state index in [1.807, 2.05) is 39.0 Å². The van der Waals surface area contributed by atoms with E-state index in [9.17, 15) is 16.8 Å². The van der Waals surface area contributed by atoms with Crippen LogP contribution in [0.1, 0.15) is 30.3 Å². The van der Waals surface area contributed by atoms with Gasteiger partial charge in [0.2, 0.25) is 20.0 Å². The minimum atomic E-state index is -3.42. The van der Waals surface area contributed by atoms with Crippen LogP contribution in [0.2, 0.25) is 5.02 Å². The predicted octanol–water partition coefficient (Wildman–Crippen LogP) is 4.20. The molecule has 0 saturated carbocycles. The summed E-state index contributed by atoms with van der Waals surface area (Å²) in [6, 6.07) is 7.33. The molecule has 0 aliphatic carbocycles. The molecular formula is C26H32ClN7O4S2. The topological polar surface area (TPSA) is 142 Å². The summed E-state index contributed by atoms with van der Waals surface area (Å²) in [6.07, 6.45) is 3.33. The molecule has 11 nitrogen and oxygen atoms in total. The molecular weight excluding hydrogens is 574 g/mol. The van der Waals surface area contributed by atoms with Crippen LogP contribution in [-0.4, -0.2) is 71.8 Å². The first-order chi connectivity index (χ1) is 18.8. The Morgan fingerprint density at radius 3 is 2.60 bits per heavy atom. The second-order valence-corrected chi connectivity index (χ2v) is 14.6. The second-order valence-electron chi connectivity index (χ2n) is 10.1. The third kappa shape index (κ3) is 5.42. The summed E-state index contributed by atoms with van der Waals surface area (Å²) < 4.78 is 54.3. The molecule has 0 bridgehead atoms. The van der Waals surface area contributed by atoms with Gasteiger partial charge in [0, 0.05) is 36.1 Å². The van der Waals surface area contributed by atoms with Crippen LogP contribution in [0.25, 0.3) is 28.2 Å². The van der Waals surface area contributed by atoms with Gasteiger partial charge in [-0.3, -0.25) is 4.72 Å². The summed E-state index contributed by atoms with van der Waals surface area (Å²) in [6.45, 7) is 8.39. The number of fused-ring (bicyclic) bond motifs is 1. The van der Waals surface area contributed by atoms with E-state index < -0.39 is 20.0 Å². The van der Waals surface area contributed by atoms with Gasteiger partial charge in [-0.1, -0.05) is 17.7 Å². The number of benzene rings is 1. The summed E-state index contributed by atoms with van der Waals surface area (Å²) in [5.41, 5.74) is 6.76. The van der Waals surface area contributed by atoms with E-state index in [1.54, 1.807) is 19.2 Å². The van der Waals surface area contributed by atoms with Crippen molar-refractivity contribution in [3.05, 3.63) is 52.4 Å². The first-order valence-corrected chi connectivity index (χ1v) is 16.7. The van der Waals surface area contributed by atoms with Gasteiger partial charge in [0.05, 0.1) is 40.3 Å². The molecule has 5 rings (SSSR count). The van der Waals surface area contributed by atoms with Gasteiger partial charge in [-0.05, 0) is 57.9 Å². The lowest BCUT2D eigenvalue weighted by molar-refractivity contribution is 0.476. The highest BCUT2D eigenvalue weighted by molar-refractivity contribution is 7.92. The largest absolute Gasteiger partial charge is 0.378 e. The van der Waals surface area contributed by atoms with E-state index in [0.717, 1.165) is 34.5 Å². The number of rotatable bonds is 8. The van der Waals surface area contributed by atoms with Crippen molar-refractivity contribution in [2.75, 3.05) is 35.1 Å². The van der Waals surface area contributed by atoms with Crippen LogP contribution in [0.5, 0.6) is 0 Å². The molecule has 4 aromatic rings. The molecule has 14 heteroatoms. The number of pyridine rings is 1. The van der Waals surface area contributed by atoms with E-state index in [4.69, 9.17) is 16.6 Å². The molecule has 0 spiro atoms. The molecule has 3 N–H and O–H groups in total. The molecule has 1 aliphatic rings. The number of aromatic amines is 1. The van der Waals surface area contributed by atoms with Crippen molar-refractivity contribution >= 4 is 54.2 Å². The SMILES string of the molecule is CCS(=O)(=O)N1CC[C@H](Nc2c(Cl)cnc3[nH]c(-c4cc(C)n(-c5cc(NS(C)(=O)=O)ccc5C)c4C)nc23)C1. The van der Waals surface area contributed by atoms with Crippen molar-refractivity contribution in [2.45, 2.75) is 40.2 Å². The van der Waals surface area contributed by atoms with Crippen molar-refractivity contribution in [3.63, 3.8) is 0 Å². The van der Waals surface area contributed by atoms with Crippen molar-refractivity contribution in [2.24, 2.45) is 0 Å². The first kappa shape index (κ1) is 28.4. The second kappa shape index (κ2) is 10.4. The van der Waals surface area contributed by atoms with Crippen LogP contribution in [0.4, 0.5) is 11.4 Å². The van der Waals surface area contributed by atoms with Gasteiger partial charge >= 0.3 is 0 Å². The molecule has 3 aromatic heterocycles. The number of nitrogens with zero attached hydrogens (tertiary/aromatic N) is 4. The lowest BCUT2D eigenvalue weighted by Crippen LogP contribution is -2.32. The Labute approximate surface area is 239 Å². The van der Waals surface area contributed by atoms with E-state index in [1.165, 1.54) is 4.31 Å². The Balaban J connectivity index is 1.51. The van der Waals surface area contributed by atoms with E-state index in [-0.39, 0.29) is 11.8 Å². The van der Waals surface area contributed by atoms with Crippen LogP contribution in [-0.2, 0) is 20.0 Å². The zero-order chi connectivity index (χ0) is 29.0. The average molecular weight is 606 g/mol. The smallest absolute Gasteiger partial charge is 0.229 e. The van der Waals surface area contributed by atoms with Gasteiger partial charge in [-0.25, -0.2) is 26.8 Å². The molecule has 0 unspecified atom stereocenters. The van der Waals surface area contributed by atoms with Crippen LogP contribution < -0.4 is 10.0 Å². The Kier molecular flexibility index (Phi) is 7.36. The number of hydrogen-bond acceptors (Lipinski definition) is 7. The first-order valence-electron chi connectivity index (χ1n) is 12.8. The van der Waals surface area contributed by atoms with Gasteiger partial charge in [0.25, 0.3) is 0 Å². The van der Waals surface area contributed by atoms with Crippen LogP contribution >= 0.6 is 11.6 Å². The van der Waals surface area contributed by atoms with Gasteiger partial charge in [0.15, 0.2) is 5.65 Å². The summed E-state index contributed by atoms with van der Waals surface area (Å²) >= 11 is 6.55. The summed E-state index contributed by atoms with van der Waals surface area (Å²) in [4.78, 5) is 12.6. The Hall–Kier alpha value is -3.13. The van der Waals surface area contributed by atoms with Crippen molar-refractivity contribution in [1.29, 1.82) is 0 Å². The van der Waals surface area contributed by atoms with Gasteiger partial charge < -0.3 is 14.9 Å². The Bertz CT molecular complexity index is 1830. The van der Waals surface area contributed by atoms with Crippen LogP contribution in [0.15, 0.2) is 30.5 Å². The number of aromatic nitrogens is 4. The van der Waals surface area contributed by atoms with Gasteiger partial charge in [-0.2, -0.15) is 4.31 Å². The quantitative estimate of drug-likeness (QED) is 0.273. The molecule has 1 fully saturated rings. The third-order valence-electron chi connectivity index (χ3n) is 7.16. The number of sulfonamides is 2. The number of halogens is 1. The average Bonchev–Trinajstić information content (AvgIpc) is 3.59. The number of imidazole rings is 1. The Morgan fingerprint density at radius 2 is 1.90 bits per heavy atom. The van der Waals surface area contributed by atoms with Crippen LogP contribution in [0, 0.1) is 20.8 Å². The van der Waals surface area contributed by atoms with Crippen molar-refractivity contribution in [1.82, 2.24) is 23.8 Å². The molecule has 0 radical (unpaired) electrons. The molecule has 1 aromatic carbocycles. The van der Waals surface area contributed by atoms with Crippen LogP contribution in [0.3, 0.4) is 0 Å². The van der Waals surface area contributed by atoms with Crippen molar-refractivity contribution < 1.29 is 16.8 Å².